The van der Waals surface area contributed by atoms with Crippen molar-refractivity contribution in [1.82, 2.24) is 4.98 Å². The van der Waals surface area contributed by atoms with Gasteiger partial charge in [-0.1, -0.05) is 30.7 Å². The van der Waals surface area contributed by atoms with Gasteiger partial charge in [-0.05, 0) is 34.5 Å². The summed E-state index contributed by atoms with van der Waals surface area (Å²) in [6, 6.07) is 5.89. The van der Waals surface area contributed by atoms with Crippen molar-refractivity contribution in [1.29, 1.82) is 0 Å². The summed E-state index contributed by atoms with van der Waals surface area (Å²) in [6.45, 7) is 4.12. The van der Waals surface area contributed by atoms with Gasteiger partial charge < -0.3 is 5.73 Å². The van der Waals surface area contributed by atoms with Gasteiger partial charge in [-0.25, -0.2) is 4.98 Å². The monoisotopic (exact) mass is 330 g/mol. The lowest BCUT2D eigenvalue weighted by Gasteiger charge is -2.13. The van der Waals surface area contributed by atoms with E-state index in [1.54, 1.807) is 0 Å². The maximum absolute atomic E-state index is 6.11. The molecule has 0 aliphatic rings. The fourth-order valence-corrected chi connectivity index (χ4v) is 3.52. The maximum Gasteiger partial charge on any atom is 0.180 e. The zero-order chi connectivity index (χ0) is 12.6. The molecule has 1 aromatic heterocycles. The first-order valence-corrected chi connectivity index (χ1v) is 7.16. The minimum Gasteiger partial charge on any atom is -0.375 e. The number of hydrogen-bond donors (Lipinski definition) is 1. The number of benzene rings is 1. The van der Waals surface area contributed by atoms with Crippen molar-refractivity contribution in [2.75, 3.05) is 5.73 Å². The molecule has 1 aromatic carbocycles. The number of nitrogens with two attached hydrogens (primary N) is 1. The maximum atomic E-state index is 6.11. The van der Waals surface area contributed by atoms with Crippen LogP contribution in [0.4, 0.5) is 5.13 Å². The van der Waals surface area contributed by atoms with Crippen LogP contribution in [0.25, 0.3) is 0 Å². The van der Waals surface area contributed by atoms with Crippen LogP contribution in [-0.2, 0) is 0 Å². The lowest BCUT2D eigenvalue weighted by molar-refractivity contribution is 0.921. The summed E-state index contributed by atoms with van der Waals surface area (Å²) in [5, 5.41) is 1.34. The van der Waals surface area contributed by atoms with Gasteiger partial charge in [-0.3, -0.25) is 0 Å². The largest absolute Gasteiger partial charge is 0.375 e. The summed E-state index contributed by atoms with van der Waals surface area (Å²) in [7, 11) is 0. The van der Waals surface area contributed by atoms with Gasteiger partial charge in [0.15, 0.2) is 5.13 Å². The Morgan fingerprint density at radius 2 is 2.18 bits per heavy atom. The number of aryl methyl sites for hydroxylation is 1. The number of rotatable bonds is 2. The predicted molar refractivity (Wildman–Crippen MR) is 77.9 cm³/mol. The standard InChI is InChI=1S/C12H12BrClN2S/c1-6(11-7(2)16-12(15)17-11)8-4-3-5-9(14)10(8)13/h3-6H,1-2H3,(H2,15,16). The third-order valence-electron chi connectivity index (χ3n) is 2.69. The molecule has 0 saturated heterocycles. The SMILES string of the molecule is Cc1nc(N)sc1C(C)c1cccc(Cl)c1Br. The molecular weight excluding hydrogens is 320 g/mol. The first-order valence-electron chi connectivity index (χ1n) is 5.17. The normalized spacial score (nSPS) is 12.7. The molecule has 1 heterocycles. The predicted octanol–water partition coefficient (Wildman–Crippen LogP) is 4.60. The molecule has 17 heavy (non-hydrogen) atoms. The van der Waals surface area contributed by atoms with E-state index in [4.69, 9.17) is 17.3 Å². The molecule has 2 nitrogen and oxygen atoms in total. The van der Waals surface area contributed by atoms with E-state index in [9.17, 15) is 0 Å². The summed E-state index contributed by atoms with van der Waals surface area (Å²) in [4.78, 5) is 5.44. The Kier molecular flexibility index (Phi) is 3.76. The lowest BCUT2D eigenvalue weighted by Crippen LogP contribution is -1.97. The van der Waals surface area contributed by atoms with Crippen LogP contribution < -0.4 is 5.73 Å². The molecule has 90 valence electrons. The third-order valence-corrected chi connectivity index (χ3v) is 5.29. The minimum absolute atomic E-state index is 0.234. The summed E-state index contributed by atoms with van der Waals surface area (Å²) in [5.74, 6) is 0.234. The first kappa shape index (κ1) is 12.9. The fraction of sp³-hybridized carbons (Fsp3) is 0.250. The molecule has 0 fully saturated rings. The first-order chi connectivity index (χ1) is 8.00. The molecule has 1 atom stereocenters. The Labute approximate surface area is 118 Å². The highest BCUT2D eigenvalue weighted by Gasteiger charge is 2.18. The Balaban J connectivity index is 2.47. The summed E-state index contributed by atoms with van der Waals surface area (Å²) in [5.41, 5.74) is 7.88. The fourth-order valence-electron chi connectivity index (χ4n) is 1.83. The highest BCUT2D eigenvalue weighted by atomic mass is 79.9. The molecule has 0 aliphatic heterocycles. The molecule has 2 aromatic rings. The molecule has 0 saturated carbocycles. The average molecular weight is 332 g/mol. The van der Waals surface area contributed by atoms with Gasteiger partial charge in [0, 0.05) is 15.3 Å². The van der Waals surface area contributed by atoms with Crippen molar-refractivity contribution in [2.45, 2.75) is 19.8 Å². The van der Waals surface area contributed by atoms with Crippen LogP contribution in [0.1, 0.15) is 29.0 Å². The molecule has 5 heteroatoms. The zero-order valence-corrected chi connectivity index (χ0v) is 12.7. The van der Waals surface area contributed by atoms with E-state index in [1.807, 2.05) is 19.1 Å². The Morgan fingerprint density at radius 1 is 1.47 bits per heavy atom. The van der Waals surface area contributed by atoms with Gasteiger partial charge in [0.05, 0.1) is 10.7 Å². The van der Waals surface area contributed by atoms with Crippen molar-refractivity contribution >= 4 is 44.0 Å². The highest BCUT2D eigenvalue weighted by molar-refractivity contribution is 9.10. The van der Waals surface area contributed by atoms with Crippen molar-refractivity contribution in [2.24, 2.45) is 0 Å². The second-order valence-electron chi connectivity index (χ2n) is 3.87. The van der Waals surface area contributed by atoms with Crippen molar-refractivity contribution in [3.63, 3.8) is 0 Å². The molecule has 0 amide bonds. The van der Waals surface area contributed by atoms with Crippen molar-refractivity contribution < 1.29 is 0 Å². The second-order valence-corrected chi connectivity index (χ2v) is 6.13. The number of nitrogen functional groups attached to an aromatic ring is 1. The molecule has 2 rings (SSSR count). The molecule has 0 spiro atoms. The van der Waals surface area contributed by atoms with Crippen LogP contribution in [0.2, 0.25) is 5.02 Å². The van der Waals surface area contributed by atoms with E-state index in [1.165, 1.54) is 16.2 Å². The number of hydrogen-bond acceptors (Lipinski definition) is 3. The van der Waals surface area contributed by atoms with E-state index < -0.39 is 0 Å². The molecule has 0 radical (unpaired) electrons. The zero-order valence-electron chi connectivity index (χ0n) is 9.50. The van der Waals surface area contributed by atoms with E-state index in [-0.39, 0.29) is 5.92 Å². The number of halogens is 2. The van der Waals surface area contributed by atoms with Crippen LogP contribution in [0.5, 0.6) is 0 Å². The Morgan fingerprint density at radius 3 is 2.76 bits per heavy atom. The van der Waals surface area contributed by atoms with E-state index in [0.717, 1.165) is 20.8 Å². The summed E-state index contributed by atoms with van der Waals surface area (Å²) >= 11 is 11.2. The molecule has 1 unspecified atom stereocenters. The summed E-state index contributed by atoms with van der Waals surface area (Å²) in [6.07, 6.45) is 0. The van der Waals surface area contributed by atoms with Gasteiger partial charge in [0.1, 0.15) is 0 Å². The van der Waals surface area contributed by atoms with Crippen molar-refractivity contribution in [3.05, 3.63) is 43.8 Å². The number of aromatic nitrogens is 1. The second kappa shape index (κ2) is 4.96. The van der Waals surface area contributed by atoms with Crippen LogP contribution in [0, 0.1) is 6.92 Å². The minimum atomic E-state index is 0.234. The van der Waals surface area contributed by atoms with Gasteiger partial charge in [-0.15, -0.1) is 11.3 Å². The van der Waals surface area contributed by atoms with Crippen molar-refractivity contribution in [3.8, 4) is 0 Å². The van der Waals surface area contributed by atoms with Gasteiger partial charge >= 0.3 is 0 Å². The number of thiazole rings is 1. The smallest absolute Gasteiger partial charge is 0.180 e. The number of anilines is 1. The third kappa shape index (κ3) is 2.49. The highest BCUT2D eigenvalue weighted by Crippen LogP contribution is 2.38. The van der Waals surface area contributed by atoms with Crippen LogP contribution >= 0.6 is 38.9 Å². The lowest BCUT2D eigenvalue weighted by atomic mass is 9.99. The molecular formula is C12H12BrClN2S. The van der Waals surface area contributed by atoms with E-state index in [2.05, 4.69) is 33.9 Å². The Bertz CT molecular complexity index is 553. The van der Waals surface area contributed by atoms with Gasteiger partial charge in [0.2, 0.25) is 0 Å². The van der Waals surface area contributed by atoms with Gasteiger partial charge in [-0.2, -0.15) is 0 Å². The summed E-state index contributed by atoms with van der Waals surface area (Å²) < 4.78 is 0.945. The van der Waals surface area contributed by atoms with Crippen LogP contribution in [-0.4, -0.2) is 4.98 Å². The van der Waals surface area contributed by atoms with E-state index in [0.29, 0.717) is 5.13 Å². The quantitative estimate of drug-likeness (QED) is 0.873. The number of nitrogens with zero attached hydrogens (tertiary/aromatic N) is 1. The van der Waals surface area contributed by atoms with Crippen LogP contribution in [0.15, 0.2) is 22.7 Å². The molecule has 2 N–H and O–H groups in total. The topological polar surface area (TPSA) is 38.9 Å². The molecule has 0 bridgehead atoms. The van der Waals surface area contributed by atoms with E-state index >= 15 is 0 Å². The average Bonchev–Trinajstić information content (AvgIpc) is 2.61. The van der Waals surface area contributed by atoms with Gasteiger partial charge in [0.25, 0.3) is 0 Å². The Hall–Kier alpha value is -0.580. The van der Waals surface area contributed by atoms with Crippen LogP contribution in [0.3, 0.4) is 0 Å². The molecule has 0 aliphatic carbocycles.